The van der Waals surface area contributed by atoms with Crippen molar-refractivity contribution in [2.24, 2.45) is 0 Å². The van der Waals surface area contributed by atoms with Gasteiger partial charge in [0, 0.05) is 9.26 Å². The van der Waals surface area contributed by atoms with Gasteiger partial charge in [-0.15, -0.1) is 0 Å². The maximum atomic E-state index is 12.5. The highest BCUT2D eigenvalue weighted by atomic mass is 127. The molecule has 2 aromatic carbocycles. The molecule has 0 aromatic heterocycles. The molecule has 22 heavy (non-hydrogen) atoms. The molecule has 0 aliphatic heterocycles. The molecule has 0 unspecified atom stereocenters. The molecular formula is C18H20INO2. The molecule has 1 amide bonds. The fourth-order valence-electron chi connectivity index (χ4n) is 2.30. The summed E-state index contributed by atoms with van der Waals surface area (Å²) >= 11 is 2.17. The summed E-state index contributed by atoms with van der Waals surface area (Å²) in [4.78, 5) is 12.5. The summed E-state index contributed by atoms with van der Waals surface area (Å²) in [5, 5.41) is 3.01. The number of anilines is 1. The first kappa shape index (κ1) is 16.8. The fourth-order valence-corrected chi connectivity index (χ4v) is 2.93. The van der Waals surface area contributed by atoms with Crippen LogP contribution in [-0.2, 0) is 0 Å². The molecule has 0 atom stereocenters. The van der Waals surface area contributed by atoms with Gasteiger partial charge in [-0.1, -0.05) is 26.0 Å². The Bertz CT molecular complexity index is 695. The van der Waals surface area contributed by atoms with E-state index in [4.69, 9.17) is 4.74 Å². The van der Waals surface area contributed by atoms with Gasteiger partial charge < -0.3 is 10.1 Å². The van der Waals surface area contributed by atoms with Crippen LogP contribution in [0.5, 0.6) is 5.75 Å². The van der Waals surface area contributed by atoms with Crippen molar-refractivity contribution in [3.05, 3.63) is 56.7 Å². The molecule has 0 heterocycles. The molecule has 0 radical (unpaired) electrons. The first-order chi connectivity index (χ1) is 10.4. The van der Waals surface area contributed by atoms with E-state index in [9.17, 15) is 4.79 Å². The van der Waals surface area contributed by atoms with Crippen LogP contribution in [0.15, 0.2) is 36.4 Å². The molecular weight excluding hydrogens is 389 g/mol. The fraction of sp³-hybridized carbons (Fsp3) is 0.278. The van der Waals surface area contributed by atoms with E-state index in [0.717, 1.165) is 26.1 Å². The average molecular weight is 409 g/mol. The molecule has 2 aromatic rings. The highest BCUT2D eigenvalue weighted by Gasteiger charge is 2.15. The van der Waals surface area contributed by atoms with Crippen molar-refractivity contribution in [1.82, 2.24) is 0 Å². The lowest BCUT2D eigenvalue weighted by Gasteiger charge is -2.17. The highest BCUT2D eigenvalue weighted by Crippen LogP contribution is 2.32. The molecule has 3 nitrogen and oxygen atoms in total. The number of halogens is 1. The molecule has 2 rings (SSSR count). The largest absolute Gasteiger partial charge is 0.496 e. The van der Waals surface area contributed by atoms with Gasteiger partial charge in [0.2, 0.25) is 0 Å². The summed E-state index contributed by atoms with van der Waals surface area (Å²) in [6.45, 7) is 6.19. The van der Waals surface area contributed by atoms with Crippen molar-refractivity contribution in [1.29, 1.82) is 0 Å². The first-order valence-corrected chi connectivity index (χ1v) is 8.26. The van der Waals surface area contributed by atoms with Crippen molar-refractivity contribution in [2.45, 2.75) is 26.7 Å². The van der Waals surface area contributed by atoms with Crippen molar-refractivity contribution < 1.29 is 9.53 Å². The van der Waals surface area contributed by atoms with Crippen molar-refractivity contribution in [3.8, 4) is 5.75 Å². The Hall–Kier alpha value is -1.56. The standard InChI is InChI=1S/C18H20INO2/c1-11(2)14-10-16(12(3)9-17(14)22-4)20-18(21)13-7-5-6-8-15(13)19/h5-11H,1-4H3,(H,20,21). The summed E-state index contributed by atoms with van der Waals surface area (Å²) in [7, 11) is 1.67. The third-order valence-electron chi connectivity index (χ3n) is 3.57. The second-order valence-electron chi connectivity index (χ2n) is 5.50. The Balaban J connectivity index is 2.35. The number of carbonyl (C=O) groups is 1. The van der Waals surface area contributed by atoms with Gasteiger partial charge in [0.05, 0.1) is 12.7 Å². The Labute approximate surface area is 145 Å². The number of methoxy groups -OCH3 is 1. The molecule has 0 saturated carbocycles. The second-order valence-corrected chi connectivity index (χ2v) is 6.66. The topological polar surface area (TPSA) is 38.3 Å². The Morgan fingerprint density at radius 3 is 2.50 bits per heavy atom. The van der Waals surface area contributed by atoms with Crippen LogP contribution in [0.25, 0.3) is 0 Å². The number of hydrogen-bond acceptors (Lipinski definition) is 2. The molecule has 0 aliphatic carbocycles. The quantitative estimate of drug-likeness (QED) is 0.724. The van der Waals surface area contributed by atoms with Gasteiger partial charge >= 0.3 is 0 Å². The number of amides is 1. The van der Waals surface area contributed by atoms with E-state index in [1.807, 2.05) is 43.3 Å². The summed E-state index contributed by atoms with van der Waals surface area (Å²) in [6, 6.07) is 11.5. The number of ether oxygens (including phenoxy) is 1. The van der Waals surface area contributed by atoms with Crippen LogP contribution in [0.4, 0.5) is 5.69 Å². The monoisotopic (exact) mass is 409 g/mol. The minimum atomic E-state index is -0.0898. The van der Waals surface area contributed by atoms with Crippen LogP contribution in [-0.4, -0.2) is 13.0 Å². The SMILES string of the molecule is COc1cc(C)c(NC(=O)c2ccccc2I)cc1C(C)C. The molecule has 4 heteroatoms. The van der Waals surface area contributed by atoms with Crippen LogP contribution in [0.3, 0.4) is 0 Å². The number of benzene rings is 2. The molecule has 0 bridgehead atoms. The van der Waals surface area contributed by atoms with E-state index in [2.05, 4.69) is 41.8 Å². The summed E-state index contributed by atoms with van der Waals surface area (Å²) in [5.74, 6) is 1.09. The van der Waals surface area contributed by atoms with Gasteiger partial charge in [-0.3, -0.25) is 4.79 Å². The van der Waals surface area contributed by atoms with Crippen molar-refractivity contribution in [3.63, 3.8) is 0 Å². The van der Waals surface area contributed by atoms with Crippen molar-refractivity contribution in [2.75, 3.05) is 12.4 Å². The number of hydrogen-bond donors (Lipinski definition) is 1. The van der Waals surface area contributed by atoms with Gasteiger partial charge in [0.25, 0.3) is 5.91 Å². The van der Waals surface area contributed by atoms with Gasteiger partial charge in [-0.25, -0.2) is 0 Å². The summed E-state index contributed by atoms with van der Waals surface area (Å²) < 4.78 is 6.38. The maximum absolute atomic E-state index is 12.5. The number of nitrogens with one attached hydrogen (secondary N) is 1. The molecule has 116 valence electrons. The Morgan fingerprint density at radius 2 is 1.91 bits per heavy atom. The van der Waals surface area contributed by atoms with Crippen LogP contribution in [0.1, 0.15) is 41.3 Å². The van der Waals surface area contributed by atoms with Gasteiger partial charge in [-0.2, -0.15) is 0 Å². The zero-order valence-corrected chi connectivity index (χ0v) is 15.4. The zero-order chi connectivity index (χ0) is 16.3. The van der Waals surface area contributed by atoms with Gasteiger partial charge in [0.1, 0.15) is 5.75 Å². The molecule has 0 aliphatic rings. The number of carbonyl (C=O) groups excluding carboxylic acids is 1. The van der Waals surface area contributed by atoms with Crippen LogP contribution in [0, 0.1) is 10.5 Å². The lowest BCUT2D eigenvalue weighted by Crippen LogP contribution is -2.14. The minimum Gasteiger partial charge on any atom is -0.496 e. The van der Waals surface area contributed by atoms with E-state index in [0.29, 0.717) is 11.5 Å². The third kappa shape index (κ3) is 3.61. The normalized spacial score (nSPS) is 10.6. The molecule has 0 spiro atoms. The molecule has 0 saturated heterocycles. The lowest BCUT2D eigenvalue weighted by molar-refractivity contribution is 0.102. The average Bonchev–Trinajstić information content (AvgIpc) is 2.48. The van der Waals surface area contributed by atoms with E-state index < -0.39 is 0 Å². The van der Waals surface area contributed by atoms with Crippen LogP contribution in [0.2, 0.25) is 0 Å². The van der Waals surface area contributed by atoms with E-state index in [1.54, 1.807) is 7.11 Å². The number of aryl methyl sites for hydroxylation is 1. The second kappa shape index (κ2) is 7.13. The first-order valence-electron chi connectivity index (χ1n) is 7.18. The minimum absolute atomic E-state index is 0.0898. The molecule has 1 N–H and O–H groups in total. The van der Waals surface area contributed by atoms with Crippen LogP contribution < -0.4 is 10.1 Å². The lowest BCUT2D eigenvalue weighted by atomic mass is 9.99. The summed E-state index contributed by atoms with van der Waals surface area (Å²) in [6.07, 6.45) is 0. The van der Waals surface area contributed by atoms with Gasteiger partial charge in [0.15, 0.2) is 0 Å². The number of rotatable bonds is 4. The van der Waals surface area contributed by atoms with Gasteiger partial charge in [-0.05, 0) is 70.8 Å². The van der Waals surface area contributed by atoms with E-state index >= 15 is 0 Å². The molecule has 0 fully saturated rings. The van der Waals surface area contributed by atoms with Crippen molar-refractivity contribution >= 4 is 34.2 Å². The summed E-state index contributed by atoms with van der Waals surface area (Å²) in [5.41, 5.74) is 3.59. The zero-order valence-electron chi connectivity index (χ0n) is 13.2. The van der Waals surface area contributed by atoms with E-state index in [-0.39, 0.29) is 5.91 Å². The maximum Gasteiger partial charge on any atom is 0.256 e. The third-order valence-corrected chi connectivity index (χ3v) is 4.51. The predicted molar refractivity (Wildman–Crippen MR) is 98.9 cm³/mol. The highest BCUT2D eigenvalue weighted by molar-refractivity contribution is 14.1. The van der Waals surface area contributed by atoms with E-state index in [1.165, 1.54) is 0 Å². The van der Waals surface area contributed by atoms with Crippen LogP contribution >= 0.6 is 22.6 Å². The predicted octanol–water partition coefficient (Wildman–Crippen LogP) is 4.98. The Kier molecular flexibility index (Phi) is 5.45. The smallest absolute Gasteiger partial charge is 0.256 e. The Morgan fingerprint density at radius 1 is 1.23 bits per heavy atom.